The molecule has 5 heteroatoms. The van der Waals surface area contributed by atoms with Crippen LogP contribution in [-0.4, -0.2) is 48.2 Å². The Balaban J connectivity index is 4.09. The first-order valence-electron chi connectivity index (χ1n) is 23.0. The Morgan fingerprint density at radius 3 is 1.31 bits per heavy atom. The number of carboxylic acids is 1. The fourth-order valence-corrected chi connectivity index (χ4v) is 7.87. The molecule has 2 unspecified atom stereocenters. The van der Waals surface area contributed by atoms with Gasteiger partial charge in [-0.3, -0.25) is 9.59 Å². The van der Waals surface area contributed by atoms with E-state index in [4.69, 9.17) is 4.74 Å². The zero-order valence-electron chi connectivity index (χ0n) is 35.3. The molecule has 0 aromatic rings. The summed E-state index contributed by atoms with van der Waals surface area (Å²) in [5.74, 6) is -0.337. The van der Waals surface area contributed by atoms with E-state index in [1.54, 1.807) is 0 Å². The Hall–Kier alpha value is -1.10. The van der Waals surface area contributed by atoms with Crippen molar-refractivity contribution in [1.29, 1.82) is 0 Å². The summed E-state index contributed by atoms with van der Waals surface area (Å²) in [7, 11) is 2.24. The van der Waals surface area contributed by atoms with Crippen molar-refractivity contribution in [3.63, 3.8) is 0 Å². The summed E-state index contributed by atoms with van der Waals surface area (Å²) in [6.07, 6.45) is 40.4. The van der Waals surface area contributed by atoms with Gasteiger partial charge in [0.25, 0.3) is 0 Å². The van der Waals surface area contributed by atoms with Gasteiger partial charge in [-0.2, -0.15) is 0 Å². The first-order chi connectivity index (χ1) is 24.9. The quantitative estimate of drug-likeness (QED) is 0.0503. The monoisotopic (exact) mass is 722 g/mol. The lowest BCUT2D eigenvalue weighted by atomic mass is 9.81. The molecule has 0 aliphatic rings. The van der Waals surface area contributed by atoms with Crippen LogP contribution in [0, 0.1) is 11.8 Å². The second-order valence-electron chi connectivity index (χ2n) is 16.3. The minimum atomic E-state index is -0.564. The molecule has 1 N–H and O–H groups in total. The van der Waals surface area contributed by atoms with Crippen molar-refractivity contribution in [3.8, 4) is 0 Å². The van der Waals surface area contributed by atoms with Crippen LogP contribution >= 0.6 is 0 Å². The molecular formula is C46H91NO4. The minimum absolute atomic E-state index is 0.0316. The number of carboxylic acid groups (broad SMARTS) is 1. The molecule has 0 fully saturated rings. The summed E-state index contributed by atoms with van der Waals surface area (Å²) in [5.41, 5.74) is 0. The van der Waals surface area contributed by atoms with Gasteiger partial charge in [-0.25, -0.2) is 0 Å². The molecule has 304 valence electrons. The van der Waals surface area contributed by atoms with Crippen molar-refractivity contribution in [1.82, 2.24) is 4.90 Å². The van der Waals surface area contributed by atoms with Crippen molar-refractivity contribution < 1.29 is 19.4 Å². The number of ether oxygens (including phenoxy) is 1. The molecule has 0 heterocycles. The van der Waals surface area contributed by atoms with E-state index in [0.717, 1.165) is 77.3 Å². The van der Waals surface area contributed by atoms with Crippen LogP contribution in [0.1, 0.15) is 246 Å². The number of nitrogens with zero attached hydrogens (tertiary/aromatic N) is 1. The predicted molar refractivity (Wildman–Crippen MR) is 222 cm³/mol. The van der Waals surface area contributed by atoms with Gasteiger partial charge < -0.3 is 14.7 Å². The lowest BCUT2D eigenvalue weighted by Gasteiger charge is -2.24. The van der Waals surface area contributed by atoms with Gasteiger partial charge >= 0.3 is 11.9 Å². The van der Waals surface area contributed by atoms with Crippen molar-refractivity contribution in [2.45, 2.75) is 252 Å². The van der Waals surface area contributed by atoms with Crippen LogP contribution in [0.4, 0.5) is 0 Å². The molecular weight excluding hydrogens is 631 g/mol. The first kappa shape index (κ1) is 49.9. The minimum Gasteiger partial charge on any atom is -0.481 e. The third kappa shape index (κ3) is 33.2. The van der Waals surface area contributed by atoms with E-state index in [-0.39, 0.29) is 18.0 Å². The second-order valence-corrected chi connectivity index (χ2v) is 16.3. The summed E-state index contributed by atoms with van der Waals surface area (Å²) in [4.78, 5) is 27.3. The normalized spacial score (nSPS) is 12.9. The number of aliphatic carboxylic acids is 1. The molecule has 2 atom stereocenters. The van der Waals surface area contributed by atoms with E-state index >= 15 is 0 Å². The molecule has 0 aliphatic heterocycles. The van der Waals surface area contributed by atoms with Crippen molar-refractivity contribution in [3.05, 3.63) is 0 Å². The van der Waals surface area contributed by atoms with E-state index in [1.807, 2.05) is 0 Å². The van der Waals surface area contributed by atoms with E-state index in [2.05, 4.69) is 39.6 Å². The van der Waals surface area contributed by atoms with Gasteiger partial charge in [0.1, 0.15) is 6.10 Å². The summed E-state index contributed by atoms with van der Waals surface area (Å²) in [6.45, 7) is 11.3. The Kier molecular flexibility index (Phi) is 37.8. The highest BCUT2D eigenvalue weighted by Gasteiger charge is 2.26. The topological polar surface area (TPSA) is 66.8 Å². The number of hydrogen-bond donors (Lipinski definition) is 1. The van der Waals surface area contributed by atoms with Crippen LogP contribution in [-0.2, 0) is 14.3 Å². The average molecular weight is 722 g/mol. The molecule has 0 aliphatic carbocycles. The SMILES string of the molecule is CCCCCCCCC(CCCCCCCC)OC(=O)CCCCCCCN(C)CCCCCCC(C(=O)O)C(CCC)CCCCCCCC. The Morgan fingerprint density at radius 1 is 0.471 bits per heavy atom. The highest BCUT2D eigenvalue weighted by molar-refractivity contribution is 5.70. The van der Waals surface area contributed by atoms with Gasteiger partial charge in [0.05, 0.1) is 5.92 Å². The van der Waals surface area contributed by atoms with E-state index in [0.29, 0.717) is 12.3 Å². The second kappa shape index (κ2) is 38.6. The highest BCUT2D eigenvalue weighted by atomic mass is 16.5. The number of carbonyl (C=O) groups is 2. The Morgan fingerprint density at radius 2 is 0.863 bits per heavy atom. The zero-order valence-corrected chi connectivity index (χ0v) is 35.3. The Bertz CT molecular complexity index is 727. The molecule has 0 radical (unpaired) electrons. The zero-order chi connectivity index (χ0) is 37.6. The van der Waals surface area contributed by atoms with Crippen LogP contribution < -0.4 is 0 Å². The fraction of sp³-hybridized carbons (Fsp3) is 0.957. The third-order valence-corrected chi connectivity index (χ3v) is 11.3. The van der Waals surface area contributed by atoms with Gasteiger partial charge in [0.2, 0.25) is 0 Å². The maximum Gasteiger partial charge on any atom is 0.306 e. The van der Waals surface area contributed by atoms with E-state index in [9.17, 15) is 14.7 Å². The average Bonchev–Trinajstić information content (AvgIpc) is 3.11. The summed E-state index contributed by atoms with van der Waals surface area (Å²) >= 11 is 0. The maximum absolute atomic E-state index is 12.7. The van der Waals surface area contributed by atoms with Crippen molar-refractivity contribution in [2.75, 3.05) is 20.1 Å². The number of rotatable bonds is 41. The lowest BCUT2D eigenvalue weighted by Crippen LogP contribution is -2.24. The number of carbonyl (C=O) groups excluding carboxylic acids is 1. The molecule has 0 amide bonds. The van der Waals surface area contributed by atoms with Gasteiger partial charge in [-0.15, -0.1) is 0 Å². The van der Waals surface area contributed by atoms with Gasteiger partial charge in [0.15, 0.2) is 0 Å². The summed E-state index contributed by atoms with van der Waals surface area (Å²) in [5, 5.41) is 10.0. The molecule has 0 saturated carbocycles. The molecule has 0 rings (SSSR count). The molecule has 5 nitrogen and oxygen atoms in total. The standard InChI is InChI=1S/C46H91NO4/c1-6-10-13-16-20-27-35-42(34-9-4)44(46(49)50)38-30-24-26-33-41-47(5)40-32-25-19-23-31-39-45(48)51-43(36-28-21-17-14-11-7-2)37-29-22-18-15-12-8-3/h42-44H,6-41H2,1-5H3,(H,49,50). The summed E-state index contributed by atoms with van der Waals surface area (Å²) < 4.78 is 6.03. The van der Waals surface area contributed by atoms with Crippen LogP contribution in [0.25, 0.3) is 0 Å². The third-order valence-electron chi connectivity index (χ3n) is 11.3. The Labute approximate surface area is 319 Å². The van der Waals surface area contributed by atoms with Gasteiger partial charge in [-0.05, 0) is 90.3 Å². The summed E-state index contributed by atoms with van der Waals surface area (Å²) in [6, 6.07) is 0. The highest BCUT2D eigenvalue weighted by Crippen LogP contribution is 2.29. The number of unbranched alkanes of at least 4 members (excludes halogenated alkanes) is 22. The van der Waals surface area contributed by atoms with Crippen molar-refractivity contribution in [2.24, 2.45) is 11.8 Å². The van der Waals surface area contributed by atoms with Crippen LogP contribution in [0.3, 0.4) is 0 Å². The molecule has 0 saturated heterocycles. The van der Waals surface area contributed by atoms with Gasteiger partial charge in [0, 0.05) is 6.42 Å². The molecule has 51 heavy (non-hydrogen) atoms. The fourth-order valence-electron chi connectivity index (χ4n) is 7.87. The molecule has 0 aromatic carbocycles. The smallest absolute Gasteiger partial charge is 0.306 e. The predicted octanol–water partition coefficient (Wildman–Crippen LogP) is 14.5. The number of hydrogen-bond acceptors (Lipinski definition) is 4. The van der Waals surface area contributed by atoms with E-state index < -0.39 is 5.97 Å². The molecule has 0 spiro atoms. The number of esters is 1. The molecule has 0 aromatic heterocycles. The molecule has 0 bridgehead atoms. The van der Waals surface area contributed by atoms with Crippen molar-refractivity contribution >= 4 is 11.9 Å². The largest absolute Gasteiger partial charge is 0.481 e. The van der Waals surface area contributed by atoms with Crippen LogP contribution in [0.15, 0.2) is 0 Å². The first-order valence-corrected chi connectivity index (χ1v) is 23.0. The van der Waals surface area contributed by atoms with Crippen LogP contribution in [0.2, 0.25) is 0 Å². The lowest BCUT2D eigenvalue weighted by molar-refractivity contribution is -0.150. The van der Waals surface area contributed by atoms with Gasteiger partial charge in [-0.1, -0.05) is 175 Å². The van der Waals surface area contributed by atoms with E-state index in [1.165, 1.54) is 148 Å². The van der Waals surface area contributed by atoms with Crippen LogP contribution in [0.5, 0.6) is 0 Å². The maximum atomic E-state index is 12.7.